The number of allylic oxidation sites excluding steroid dienone is 1. The number of hydrogen-bond donors (Lipinski definition) is 1. The molecule has 4 aromatic rings. The first-order valence-corrected chi connectivity index (χ1v) is 16.2. The van der Waals surface area contributed by atoms with Crippen LogP contribution in [0.5, 0.6) is 5.75 Å². The highest BCUT2D eigenvalue weighted by molar-refractivity contribution is 7.98. The summed E-state index contributed by atoms with van der Waals surface area (Å²) in [7, 11) is 0. The summed E-state index contributed by atoms with van der Waals surface area (Å²) in [6.07, 6.45) is 5.07. The van der Waals surface area contributed by atoms with Crippen molar-refractivity contribution in [3.05, 3.63) is 111 Å². The highest BCUT2D eigenvalue weighted by Gasteiger charge is 2.36. The second kappa shape index (κ2) is 13.5. The molecule has 0 spiro atoms. The van der Waals surface area contributed by atoms with Crippen LogP contribution in [0.1, 0.15) is 61.8 Å². The molecule has 7 nitrogen and oxygen atoms in total. The summed E-state index contributed by atoms with van der Waals surface area (Å²) in [4.78, 5) is 18.5. The lowest BCUT2D eigenvalue weighted by molar-refractivity contribution is -0.146. The summed E-state index contributed by atoms with van der Waals surface area (Å²) in [5.41, 5.74) is 4.14. The molecule has 0 saturated heterocycles. The van der Waals surface area contributed by atoms with Crippen molar-refractivity contribution in [1.82, 2.24) is 14.8 Å². The minimum Gasteiger partial charge on any atom is -0.489 e. The molecule has 10 heteroatoms. The molecule has 1 saturated carbocycles. The highest BCUT2D eigenvalue weighted by atomic mass is 35.5. The lowest BCUT2D eigenvalue weighted by atomic mass is 9.95. The minimum absolute atomic E-state index is 0.0631. The van der Waals surface area contributed by atoms with Gasteiger partial charge >= 0.3 is 5.97 Å². The van der Waals surface area contributed by atoms with Crippen LogP contribution >= 0.6 is 35.0 Å². The Morgan fingerprint density at radius 1 is 1.02 bits per heavy atom. The van der Waals surface area contributed by atoms with E-state index < -0.39 is 6.04 Å². The van der Waals surface area contributed by atoms with Gasteiger partial charge in [0, 0.05) is 27.1 Å². The van der Waals surface area contributed by atoms with Gasteiger partial charge in [-0.3, -0.25) is 0 Å². The first kappa shape index (κ1) is 29.6. The first-order chi connectivity index (χ1) is 20.9. The first-order valence-electron chi connectivity index (χ1n) is 14.4. The standard InChI is InChI=1S/C33H32Cl2N4O3S/c1-21-29(31(40)42-27-10-6-3-7-11-27)30(39-32(36-21)37-33(38-39)43-20-22-8-4-2-5-9-22)23-13-16-26(17-14-23)41-19-24-12-15-25(34)18-28(24)35/h2,4-5,8-9,12-18,27,30H,3,6-7,10-11,19-20H2,1H3,(H,36,37,38). The molecule has 1 aromatic heterocycles. The van der Waals surface area contributed by atoms with E-state index in [9.17, 15) is 4.79 Å². The zero-order valence-electron chi connectivity index (χ0n) is 23.8. The Bertz CT molecular complexity index is 1620. The Balaban J connectivity index is 1.26. The van der Waals surface area contributed by atoms with Gasteiger partial charge in [0.15, 0.2) is 0 Å². The van der Waals surface area contributed by atoms with Gasteiger partial charge in [-0.05, 0) is 68.0 Å². The SMILES string of the molecule is CC1=C(C(=O)OC2CCCCC2)C(c2ccc(OCc3ccc(Cl)cc3Cl)cc2)n2nc(SCc3ccccc3)nc2N1. The maximum atomic E-state index is 13.7. The lowest BCUT2D eigenvalue weighted by Crippen LogP contribution is -2.32. The quantitative estimate of drug-likeness (QED) is 0.146. The van der Waals surface area contributed by atoms with Crippen molar-refractivity contribution in [3.8, 4) is 5.75 Å². The number of esters is 1. The van der Waals surface area contributed by atoms with E-state index in [0.717, 1.165) is 42.6 Å². The normalized spacial score (nSPS) is 16.9. The Kier molecular flexibility index (Phi) is 9.26. The summed E-state index contributed by atoms with van der Waals surface area (Å²) in [6, 6.07) is 22.7. The molecule has 6 rings (SSSR count). The number of rotatable bonds is 9. The van der Waals surface area contributed by atoms with Crippen LogP contribution in [0, 0.1) is 0 Å². The third kappa shape index (κ3) is 7.03. The van der Waals surface area contributed by atoms with Crippen LogP contribution in [0.4, 0.5) is 5.95 Å². The molecule has 1 aliphatic carbocycles. The summed E-state index contributed by atoms with van der Waals surface area (Å²) in [5, 5.41) is 9.94. The van der Waals surface area contributed by atoms with E-state index in [4.69, 9.17) is 42.8 Å². The molecule has 0 bridgehead atoms. The Morgan fingerprint density at radius 3 is 2.53 bits per heavy atom. The highest BCUT2D eigenvalue weighted by Crippen LogP contribution is 2.38. The molecule has 0 radical (unpaired) electrons. The monoisotopic (exact) mass is 634 g/mol. The van der Waals surface area contributed by atoms with Crippen LogP contribution in [0.15, 0.2) is 89.2 Å². The van der Waals surface area contributed by atoms with Crippen LogP contribution in [0.25, 0.3) is 0 Å². The third-order valence-corrected chi connectivity index (χ3v) is 9.19. The number of aromatic nitrogens is 3. The molecule has 0 amide bonds. The van der Waals surface area contributed by atoms with E-state index in [1.165, 1.54) is 12.0 Å². The second-order valence-electron chi connectivity index (χ2n) is 10.8. The largest absolute Gasteiger partial charge is 0.489 e. The van der Waals surface area contributed by atoms with E-state index >= 15 is 0 Å². The second-order valence-corrected chi connectivity index (χ2v) is 12.5. The van der Waals surface area contributed by atoms with Gasteiger partial charge in [0.2, 0.25) is 11.1 Å². The van der Waals surface area contributed by atoms with Crippen molar-refractivity contribution in [2.24, 2.45) is 0 Å². The molecule has 1 aliphatic heterocycles. The molecule has 2 aliphatic rings. The van der Waals surface area contributed by atoms with E-state index in [1.807, 2.05) is 55.5 Å². The number of carbonyl (C=O) groups excluding carboxylic acids is 1. The average Bonchev–Trinajstić information content (AvgIpc) is 3.42. The number of nitrogens with one attached hydrogen (secondary N) is 1. The zero-order valence-corrected chi connectivity index (χ0v) is 26.1. The topological polar surface area (TPSA) is 78.3 Å². The van der Waals surface area contributed by atoms with Gasteiger partial charge in [-0.15, -0.1) is 5.10 Å². The van der Waals surface area contributed by atoms with E-state index in [1.54, 1.807) is 28.6 Å². The number of halogens is 2. The van der Waals surface area contributed by atoms with Crippen molar-refractivity contribution >= 4 is 46.9 Å². The summed E-state index contributed by atoms with van der Waals surface area (Å²) >= 11 is 13.9. The van der Waals surface area contributed by atoms with Gasteiger partial charge in [-0.2, -0.15) is 4.98 Å². The van der Waals surface area contributed by atoms with Crippen molar-refractivity contribution in [2.75, 3.05) is 5.32 Å². The summed E-state index contributed by atoms with van der Waals surface area (Å²) in [6.45, 7) is 2.20. The summed E-state index contributed by atoms with van der Waals surface area (Å²) in [5.74, 6) is 1.68. The number of benzene rings is 3. The molecular formula is C33H32Cl2N4O3S. The van der Waals surface area contributed by atoms with E-state index in [-0.39, 0.29) is 12.1 Å². The summed E-state index contributed by atoms with van der Waals surface area (Å²) < 4.78 is 13.9. The van der Waals surface area contributed by atoms with Crippen molar-refractivity contribution < 1.29 is 14.3 Å². The number of nitrogens with zero attached hydrogens (tertiary/aromatic N) is 3. The number of fused-ring (bicyclic) bond motifs is 1. The van der Waals surface area contributed by atoms with Crippen molar-refractivity contribution in [3.63, 3.8) is 0 Å². The maximum Gasteiger partial charge on any atom is 0.338 e. The van der Waals surface area contributed by atoms with E-state index in [0.29, 0.717) is 44.8 Å². The van der Waals surface area contributed by atoms with Crippen molar-refractivity contribution in [2.45, 2.75) is 68.7 Å². The fraction of sp³-hybridized carbons (Fsp3) is 0.303. The van der Waals surface area contributed by atoms with Crippen molar-refractivity contribution in [1.29, 1.82) is 0 Å². The Hall–Kier alpha value is -3.46. The van der Waals surface area contributed by atoms with Crippen LogP contribution in [0.2, 0.25) is 10.0 Å². The zero-order chi connectivity index (χ0) is 29.8. The van der Waals surface area contributed by atoms with E-state index in [2.05, 4.69) is 17.4 Å². The van der Waals surface area contributed by atoms with Gasteiger partial charge in [-0.1, -0.05) is 89.9 Å². The van der Waals surface area contributed by atoms with Crippen LogP contribution < -0.4 is 10.1 Å². The van der Waals surface area contributed by atoms with Crippen LogP contribution in [0.3, 0.4) is 0 Å². The fourth-order valence-corrected chi connectivity index (χ4v) is 6.68. The average molecular weight is 636 g/mol. The molecule has 2 heterocycles. The molecule has 3 aromatic carbocycles. The predicted molar refractivity (Wildman–Crippen MR) is 171 cm³/mol. The Labute approximate surface area is 265 Å². The van der Waals surface area contributed by atoms with Gasteiger partial charge in [0.1, 0.15) is 24.5 Å². The molecule has 222 valence electrons. The fourth-order valence-electron chi connectivity index (χ4n) is 5.43. The molecule has 1 unspecified atom stereocenters. The lowest BCUT2D eigenvalue weighted by Gasteiger charge is -2.30. The molecule has 43 heavy (non-hydrogen) atoms. The molecule has 1 fully saturated rings. The third-order valence-electron chi connectivity index (χ3n) is 7.70. The maximum absolute atomic E-state index is 13.7. The van der Waals surface area contributed by atoms with Gasteiger partial charge in [0.25, 0.3) is 0 Å². The minimum atomic E-state index is -0.509. The smallest absolute Gasteiger partial charge is 0.338 e. The number of thioether (sulfide) groups is 1. The molecule has 1 atom stereocenters. The number of anilines is 1. The van der Waals surface area contributed by atoms with Gasteiger partial charge in [0.05, 0.1) is 5.57 Å². The van der Waals surface area contributed by atoms with Gasteiger partial charge in [-0.25, -0.2) is 9.48 Å². The Morgan fingerprint density at radius 2 is 1.79 bits per heavy atom. The number of hydrogen-bond acceptors (Lipinski definition) is 7. The number of ether oxygens (including phenoxy) is 2. The van der Waals surface area contributed by atoms with Crippen LogP contribution in [-0.4, -0.2) is 26.8 Å². The van der Waals surface area contributed by atoms with Gasteiger partial charge < -0.3 is 14.8 Å². The number of carbonyl (C=O) groups is 1. The van der Waals surface area contributed by atoms with Crippen LogP contribution in [-0.2, 0) is 21.9 Å². The molecule has 1 N–H and O–H groups in total. The molecular weight excluding hydrogens is 603 g/mol. The predicted octanol–water partition coefficient (Wildman–Crippen LogP) is 8.62.